The highest BCUT2D eigenvalue weighted by Gasteiger charge is 2.52. The maximum atomic E-state index is 11.8. The molecule has 2 aromatic carbocycles. The monoisotopic (exact) mass is 442 g/mol. The van der Waals surface area contributed by atoms with Gasteiger partial charge in [0.25, 0.3) is 8.32 Å². The molecule has 1 N–H and O–H groups in total. The van der Waals surface area contributed by atoms with Crippen LogP contribution in [0.15, 0.2) is 60.7 Å². The lowest BCUT2D eigenvalue weighted by molar-refractivity contribution is -0.144. The van der Waals surface area contributed by atoms with Gasteiger partial charge in [-0.05, 0) is 29.3 Å². The quantitative estimate of drug-likeness (QED) is 0.627. The Labute approximate surface area is 186 Å². The van der Waals surface area contributed by atoms with Gasteiger partial charge in [-0.15, -0.1) is 0 Å². The van der Waals surface area contributed by atoms with Crippen LogP contribution in [0.5, 0.6) is 0 Å². The third-order valence-corrected chi connectivity index (χ3v) is 10.8. The zero-order chi connectivity index (χ0) is 22.7. The van der Waals surface area contributed by atoms with Crippen LogP contribution in [0.2, 0.25) is 5.04 Å². The minimum Gasteiger partial charge on any atom is -0.481 e. The van der Waals surface area contributed by atoms with Crippen molar-refractivity contribution >= 4 is 24.7 Å². The zero-order valence-corrected chi connectivity index (χ0v) is 20.1. The Morgan fingerprint density at radius 1 is 1.10 bits per heavy atom. The molecule has 1 saturated heterocycles. The first kappa shape index (κ1) is 23.7. The molecule has 1 fully saturated rings. The van der Waals surface area contributed by atoms with Crippen molar-refractivity contribution in [1.29, 1.82) is 0 Å². The Morgan fingerprint density at radius 3 is 2.00 bits per heavy atom. The molecule has 1 heterocycles. The van der Waals surface area contributed by atoms with Crippen molar-refractivity contribution in [1.82, 2.24) is 0 Å². The van der Waals surface area contributed by atoms with Crippen molar-refractivity contribution in [3.63, 3.8) is 0 Å². The first-order chi connectivity index (χ1) is 14.5. The second-order valence-corrected chi connectivity index (χ2v) is 13.9. The van der Waals surface area contributed by atoms with Crippen LogP contribution in [0.3, 0.4) is 0 Å². The normalized spacial score (nSPS) is 19.8. The molecule has 0 unspecified atom stereocenters. The fourth-order valence-corrected chi connectivity index (χ4v) is 9.18. The number of hydrogen-bond donors (Lipinski definition) is 1. The van der Waals surface area contributed by atoms with Gasteiger partial charge in [-0.25, -0.2) is 0 Å². The van der Waals surface area contributed by atoms with Crippen molar-refractivity contribution in [3.8, 4) is 0 Å². The fourth-order valence-electron chi connectivity index (χ4n) is 4.48. The second-order valence-electron chi connectivity index (χ2n) is 9.69. The summed E-state index contributed by atoms with van der Waals surface area (Å²) in [6, 6.07) is 20.5. The van der Waals surface area contributed by atoms with Gasteiger partial charge in [-0.1, -0.05) is 81.4 Å². The predicted molar refractivity (Wildman–Crippen MR) is 124 cm³/mol. The van der Waals surface area contributed by atoms with Crippen LogP contribution >= 0.6 is 0 Å². The highest BCUT2D eigenvalue weighted by Crippen LogP contribution is 2.39. The average molecular weight is 443 g/mol. The van der Waals surface area contributed by atoms with E-state index in [1.807, 2.05) is 50.2 Å². The largest absolute Gasteiger partial charge is 0.481 e. The zero-order valence-electron chi connectivity index (χ0n) is 19.1. The minimum absolute atomic E-state index is 0.0786. The molecular weight excluding hydrogens is 408 g/mol. The van der Waals surface area contributed by atoms with Gasteiger partial charge in [0.1, 0.15) is 0 Å². The van der Waals surface area contributed by atoms with E-state index in [1.54, 1.807) is 0 Å². The fraction of sp³-hybridized carbons (Fsp3) is 0.480. The minimum atomic E-state index is -2.85. The number of benzene rings is 2. The van der Waals surface area contributed by atoms with E-state index in [0.717, 1.165) is 10.4 Å². The number of carbonyl (C=O) groups is 1. The van der Waals surface area contributed by atoms with Crippen LogP contribution in [-0.4, -0.2) is 44.0 Å². The van der Waals surface area contributed by atoms with Crippen molar-refractivity contribution < 1.29 is 23.8 Å². The molecule has 2 aromatic rings. The van der Waals surface area contributed by atoms with Gasteiger partial charge in [-0.2, -0.15) is 0 Å². The van der Waals surface area contributed by atoms with Gasteiger partial charge in [0.15, 0.2) is 5.79 Å². The molecule has 5 nitrogen and oxygen atoms in total. The summed E-state index contributed by atoms with van der Waals surface area (Å²) < 4.78 is 18.7. The van der Waals surface area contributed by atoms with Crippen molar-refractivity contribution in [2.24, 2.45) is 0 Å². The number of rotatable bonds is 8. The topological polar surface area (TPSA) is 65.0 Å². The van der Waals surface area contributed by atoms with Crippen LogP contribution in [0.4, 0.5) is 0 Å². The maximum Gasteiger partial charge on any atom is 0.305 e. The molecule has 2 atom stereocenters. The van der Waals surface area contributed by atoms with Crippen LogP contribution in [0.25, 0.3) is 0 Å². The molecule has 0 spiro atoms. The third kappa shape index (κ3) is 5.44. The summed E-state index contributed by atoms with van der Waals surface area (Å²) in [5.41, 5.74) is 0. The summed E-state index contributed by atoms with van der Waals surface area (Å²) in [5, 5.41) is 11.7. The molecule has 0 aromatic heterocycles. The third-order valence-electron chi connectivity index (χ3n) is 5.76. The lowest BCUT2D eigenvalue weighted by atomic mass is 10.1. The molecule has 31 heavy (non-hydrogen) atoms. The molecule has 1 aliphatic rings. The molecule has 0 bridgehead atoms. The van der Waals surface area contributed by atoms with Crippen molar-refractivity contribution in [2.45, 2.75) is 70.5 Å². The van der Waals surface area contributed by atoms with Gasteiger partial charge < -0.3 is 19.0 Å². The van der Waals surface area contributed by atoms with Crippen LogP contribution in [0.1, 0.15) is 47.5 Å². The smallest absolute Gasteiger partial charge is 0.305 e. The molecule has 1 aliphatic heterocycles. The average Bonchev–Trinajstić information content (AvgIpc) is 3.04. The van der Waals surface area contributed by atoms with Crippen molar-refractivity contribution in [2.75, 3.05) is 6.61 Å². The standard InChI is InChI=1S/C25H34O5Si/c1-24(2,3)31(21-12-8-6-9-13-21,22-14-10-7-11-15-22)30-19(17-23(26)27)16-20-18-28-25(4,5)29-20/h6-15,19-20H,16-18H2,1-5H3,(H,26,27)/t19-,20+/m1/s1. The summed E-state index contributed by atoms with van der Waals surface area (Å²) in [5.74, 6) is -1.53. The molecule has 0 radical (unpaired) electrons. The highest BCUT2D eigenvalue weighted by atomic mass is 28.4. The number of ether oxygens (including phenoxy) is 2. The Morgan fingerprint density at radius 2 is 1.61 bits per heavy atom. The van der Waals surface area contributed by atoms with Crippen LogP contribution in [0, 0.1) is 0 Å². The molecule has 6 heteroatoms. The van der Waals surface area contributed by atoms with E-state index in [-0.39, 0.29) is 17.6 Å². The molecule has 0 saturated carbocycles. The van der Waals surface area contributed by atoms with Gasteiger partial charge in [0.05, 0.1) is 25.2 Å². The predicted octanol–water partition coefficient (Wildman–Crippen LogP) is 3.95. The maximum absolute atomic E-state index is 11.8. The summed E-state index contributed by atoms with van der Waals surface area (Å²) in [4.78, 5) is 11.8. The highest BCUT2D eigenvalue weighted by molar-refractivity contribution is 6.99. The summed E-state index contributed by atoms with van der Waals surface area (Å²) in [6.45, 7) is 10.8. The van der Waals surface area contributed by atoms with Crippen LogP contribution in [-0.2, 0) is 18.7 Å². The van der Waals surface area contributed by atoms with Gasteiger partial charge in [0, 0.05) is 6.42 Å². The Balaban J connectivity index is 2.05. The van der Waals surface area contributed by atoms with E-state index in [1.165, 1.54) is 0 Å². The number of hydrogen-bond acceptors (Lipinski definition) is 4. The van der Waals surface area contributed by atoms with E-state index >= 15 is 0 Å². The van der Waals surface area contributed by atoms with Gasteiger partial charge in [0.2, 0.25) is 0 Å². The lowest BCUT2D eigenvalue weighted by Crippen LogP contribution is -2.68. The summed E-state index contributed by atoms with van der Waals surface area (Å²) >= 11 is 0. The Hall–Kier alpha value is -1.99. The molecule has 3 rings (SSSR count). The van der Waals surface area contributed by atoms with E-state index in [4.69, 9.17) is 13.9 Å². The van der Waals surface area contributed by atoms with Crippen LogP contribution < -0.4 is 10.4 Å². The molecule has 0 amide bonds. The first-order valence-electron chi connectivity index (χ1n) is 10.9. The second kappa shape index (κ2) is 9.24. The van der Waals surface area contributed by atoms with Gasteiger partial charge >= 0.3 is 5.97 Å². The Bertz CT molecular complexity index is 821. The lowest BCUT2D eigenvalue weighted by Gasteiger charge is -2.45. The summed E-state index contributed by atoms with van der Waals surface area (Å²) in [6.07, 6.45) is -0.297. The summed E-state index contributed by atoms with van der Waals surface area (Å²) in [7, 11) is -2.85. The molecule has 168 valence electrons. The molecule has 0 aliphatic carbocycles. The number of carboxylic acids is 1. The van der Waals surface area contributed by atoms with E-state index in [0.29, 0.717) is 13.0 Å². The Kier molecular flexibility index (Phi) is 7.06. The molecular formula is C25H34O5Si. The first-order valence-corrected chi connectivity index (χ1v) is 12.8. The SMILES string of the molecule is CC1(C)OC[C@H](C[C@H](CC(=O)O)O[Si](c2ccccc2)(c2ccccc2)C(C)(C)C)O1. The van der Waals surface area contributed by atoms with Crippen molar-refractivity contribution in [3.05, 3.63) is 60.7 Å². The van der Waals surface area contributed by atoms with Gasteiger partial charge in [-0.3, -0.25) is 4.79 Å². The van der Waals surface area contributed by atoms with E-state index in [9.17, 15) is 9.90 Å². The van der Waals surface area contributed by atoms with E-state index < -0.39 is 26.2 Å². The number of aliphatic carboxylic acids is 1. The number of carboxylic acid groups (broad SMARTS) is 1. The van der Waals surface area contributed by atoms with E-state index in [2.05, 4.69) is 45.0 Å².